The van der Waals surface area contributed by atoms with Gasteiger partial charge in [-0.05, 0) is 18.1 Å². The average molecular weight is 257 g/mol. The molecule has 0 fully saturated rings. The van der Waals surface area contributed by atoms with E-state index in [1.165, 1.54) is 18.4 Å². The molecule has 14 heavy (non-hydrogen) atoms. The SMILES string of the molecule is CCCCC(NN)c1ccccc1Br. The van der Waals surface area contributed by atoms with Crippen molar-refractivity contribution in [1.29, 1.82) is 0 Å². The molecule has 1 atom stereocenters. The first-order valence-corrected chi connectivity index (χ1v) is 5.79. The van der Waals surface area contributed by atoms with Crippen LogP contribution in [-0.2, 0) is 0 Å². The van der Waals surface area contributed by atoms with Crippen LogP contribution in [0.4, 0.5) is 0 Å². The molecule has 1 aromatic carbocycles. The summed E-state index contributed by atoms with van der Waals surface area (Å²) in [4.78, 5) is 0. The monoisotopic (exact) mass is 256 g/mol. The quantitative estimate of drug-likeness (QED) is 0.628. The van der Waals surface area contributed by atoms with Gasteiger partial charge >= 0.3 is 0 Å². The highest BCUT2D eigenvalue weighted by Gasteiger charge is 2.11. The van der Waals surface area contributed by atoms with E-state index in [4.69, 9.17) is 5.84 Å². The molecule has 1 unspecified atom stereocenters. The first kappa shape index (κ1) is 11.7. The molecule has 0 aliphatic carbocycles. The summed E-state index contributed by atoms with van der Waals surface area (Å²) in [5.74, 6) is 5.54. The molecular weight excluding hydrogens is 240 g/mol. The summed E-state index contributed by atoms with van der Waals surface area (Å²) in [6.45, 7) is 2.19. The molecule has 0 aliphatic rings. The zero-order chi connectivity index (χ0) is 10.4. The van der Waals surface area contributed by atoms with Crippen LogP contribution in [0, 0.1) is 0 Å². The Morgan fingerprint density at radius 3 is 2.71 bits per heavy atom. The van der Waals surface area contributed by atoms with Crippen LogP contribution < -0.4 is 11.3 Å². The molecule has 0 amide bonds. The van der Waals surface area contributed by atoms with Crippen molar-refractivity contribution in [1.82, 2.24) is 5.43 Å². The van der Waals surface area contributed by atoms with Gasteiger partial charge in [0.2, 0.25) is 0 Å². The van der Waals surface area contributed by atoms with Gasteiger partial charge in [-0.15, -0.1) is 0 Å². The second kappa shape index (κ2) is 6.17. The van der Waals surface area contributed by atoms with Crippen molar-refractivity contribution in [3.05, 3.63) is 34.3 Å². The largest absolute Gasteiger partial charge is 0.271 e. The van der Waals surface area contributed by atoms with Gasteiger partial charge in [-0.1, -0.05) is 53.9 Å². The van der Waals surface area contributed by atoms with Crippen LogP contribution in [0.25, 0.3) is 0 Å². The van der Waals surface area contributed by atoms with Gasteiger partial charge in [0.1, 0.15) is 0 Å². The van der Waals surface area contributed by atoms with Crippen molar-refractivity contribution in [2.75, 3.05) is 0 Å². The highest BCUT2D eigenvalue weighted by Crippen LogP contribution is 2.25. The van der Waals surface area contributed by atoms with Crippen molar-refractivity contribution in [2.24, 2.45) is 5.84 Å². The molecule has 3 heteroatoms. The molecule has 0 heterocycles. The molecule has 1 aromatic rings. The Morgan fingerprint density at radius 2 is 2.14 bits per heavy atom. The minimum Gasteiger partial charge on any atom is -0.271 e. The van der Waals surface area contributed by atoms with Gasteiger partial charge in [0, 0.05) is 10.5 Å². The van der Waals surface area contributed by atoms with Gasteiger partial charge in [0.25, 0.3) is 0 Å². The number of nitrogens with one attached hydrogen (secondary N) is 1. The highest BCUT2D eigenvalue weighted by atomic mass is 79.9. The lowest BCUT2D eigenvalue weighted by atomic mass is 10.0. The minimum atomic E-state index is 0.255. The van der Waals surface area contributed by atoms with Crippen LogP contribution >= 0.6 is 15.9 Å². The summed E-state index contributed by atoms with van der Waals surface area (Å²) in [7, 11) is 0. The Hall–Kier alpha value is -0.380. The summed E-state index contributed by atoms with van der Waals surface area (Å²) in [6.07, 6.45) is 3.47. The molecule has 3 N–H and O–H groups in total. The van der Waals surface area contributed by atoms with Crippen molar-refractivity contribution in [2.45, 2.75) is 32.2 Å². The summed E-state index contributed by atoms with van der Waals surface area (Å²) in [5, 5.41) is 0. The predicted molar refractivity (Wildman–Crippen MR) is 63.7 cm³/mol. The molecule has 78 valence electrons. The summed E-state index contributed by atoms with van der Waals surface area (Å²) in [6, 6.07) is 8.46. The van der Waals surface area contributed by atoms with Gasteiger partial charge in [-0.3, -0.25) is 11.3 Å². The van der Waals surface area contributed by atoms with Gasteiger partial charge < -0.3 is 0 Å². The number of unbranched alkanes of at least 4 members (excludes halogenated alkanes) is 1. The van der Waals surface area contributed by atoms with Gasteiger partial charge in [0.05, 0.1) is 0 Å². The fourth-order valence-electron chi connectivity index (χ4n) is 1.49. The summed E-state index contributed by atoms with van der Waals surface area (Å²) >= 11 is 3.53. The van der Waals surface area contributed by atoms with E-state index in [2.05, 4.69) is 34.3 Å². The molecule has 0 saturated heterocycles. The number of benzene rings is 1. The van der Waals surface area contributed by atoms with Crippen LogP contribution in [-0.4, -0.2) is 0 Å². The third-order valence-electron chi connectivity index (χ3n) is 2.33. The van der Waals surface area contributed by atoms with E-state index >= 15 is 0 Å². The van der Waals surface area contributed by atoms with Crippen molar-refractivity contribution >= 4 is 15.9 Å². The first-order chi connectivity index (χ1) is 6.79. The lowest BCUT2D eigenvalue weighted by Crippen LogP contribution is -2.28. The van der Waals surface area contributed by atoms with Crippen molar-refractivity contribution in [3.8, 4) is 0 Å². The lowest BCUT2D eigenvalue weighted by Gasteiger charge is -2.17. The summed E-state index contributed by atoms with van der Waals surface area (Å²) in [5.41, 5.74) is 4.10. The van der Waals surface area contributed by atoms with E-state index in [-0.39, 0.29) is 6.04 Å². The van der Waals surface area contributed by atoms with E-state index in [0.717, 1.165) is 10.9 Å². The number of hydrogen-bond acceptors (Lipinski definition) is 2. The van der Waals surface area contributed by atoms with Crippen LogP contribution in [0.2, 0.25) is 0 Å². The molecule has 0 spiro atoms. The third kappa shape index (κ3) is 3.08. The predicted octanol–water partition coefficient (Wildman–Crippen LogP) is 3.14. The Balaban J connectivity index is 2.73. The molecule has 1 rings (SSSR count). The molecule has 2 nitrogen and oxygen atoms in total. The smallest absolute Gasteiger partial charge is 0.0471 e. The van der Waals surface area contributed by atoms with E-state index in [1.807, 2.05) is 18.2 Å². The first-order valence-electron chi connectivity index (χ1n) is 5.00. The Labute approximate surface area is 94.0 Å². The van der Waals surface area contributed by atoms with Crippen molar-refractivity contribution < 1.29 is 0 Å². The Kier molecular flexibility index (Phi) is 5.15. The number of hydrazine groups is 1. The topological polar surface area (TPSA) is 38.0 Å². The maximum absolute atomic E-state index is 5.54. The Morgan fingerprint density at radius 1 is 1.43 bits per heavy atom. The maximum Gasteiger partial charge on any atom is 0.0471 e. The van der Waals surface area contributed by atoms with Crippen LogP contribution in [0.5, 0.6) is 0 Å². The average Bonchev–Trinajstić information content (AvgIpc) is 2.21. The van der Waals surface area contributed by atoms with E-state index in [0.29, 0.717) is 0 Å². The van der Waals surface area contributed by atoms with E-state index in [9.17, 15) is 0 Å². The number of hydrogen-bond donors (Lipinski definition) is 2. The molecular formula is C11H17BrN2. The molecule has 0 saturated carbocycles. The maximum atomic E-state index is 5.54. The fourth-order valence-corrected chi connectivity index (χ4v) is 2.06. The normalized spacial score (nSPS) is 12.8. The number of halogens is 1. The van der Waals surface area contributed by atoms with Crippen molar-refractivity contribution in [3.63, 3.8) is 0 Å². The van der Waals surface area contributed by atoms with Crippen LogP contribution in [0.3, 0.4) is 0 Å². The second-order valence-electron chi connectivity index (χ2n) is 3.38. The van der Waals surface area contributed by atoms with E-state index in [1.54, 1.807) is 0 Å². The highest BCUT2D eigenvalue weighted by molar-refractivity contribution is 9.10. The van der Waals surface area contributed by atoms with Gasteiger partial charge in [0.15, 0.2) is 0 Å². The van der Waals surface area contributed by atoms with E-state index < -0.39 is 0 Å². The zero-order valence-corrected chi connectivity index (χ0v) is 10.0. The molecule has 0 aliphatic heterocycles. The molecule has 0 aromatic heterocycles. The molecule has 0 bridgehead atoms. The van der Waals surface area contributed by atoms with Gasteiger partial charge in [-0.25, -0.2) is 0 Å². The van der Waals surface area contributed by atoms with Gasteiger partial charge in [-0.2, -0.15) is 0 Å². The standard InChI is InChI=1S/C11H17BrN2/c1-2-3-8-11(14-13)9-6-4-5-7-10(9)12/h4-7,11,14H,2-3,8,13H2,1H3. The van der Waals surface area contributed by atoms with Crippen LogP contribution in [0.15, 0.2) is 28.7 Å². The zero-order valence-electron chi connectivity index (χ0n) is 8.46. The second-order valence-corrected chi connectivity index (χ2v) is 4.24. The third-order valence-corrected chi connectivity index (χ3v) is 3.05. The van der Waals surface area contributed by atoms with Crippen LogP contribution in [0.1, 0.15) is 37.8 Å². The number of rotatable bonds is 5. The lowest BCUT2D eigenvalue weighted by molar-refractivity contribution is 0.493. The fraction of sp³-hybridized carbons (Fsp3) is 0.455. The molecule has 0 radical (unpaired) electrons. The number of nitrogens with two attached hydrogens (primary N) is 1. The summed E-state index contributed by atoms with van der Waals surface area (Å²) < 4.78 is 1.12. The Bertz CT molecular complexity index is 276. The minimum absolute atomic E-state index is 0.255.